The van der Waals surface area contributed by atoms with Crippen LogP contribution in [-0.4, -0.2) is 25.6 Å². The Labute approximate surface area is 158 Å². The summed E-state index contributed by atoms with van der Waals surface area (Å²) in [5, 5.41) is 3.74. The van der Waals surface area contributed by atoms with Gasteiger partial charge < -0.3 is 5.32 Å². The van der Waals surface area contributed by atoms with E-state index in [2.05, 4.69) is 5.32 Å². The highest BCUT2D eigenvalue weighted by Crippen LogP contribution is 2.26. The molecule has 0 unspecified atom stereocenters. The van der Waals surface area contributed by atoms with Gasteiger partial charge in [-0.25, -0.2) is 8.42 Å². The van der Waals surface area contributed by atoms with Crippen LogP contribution < -0.4 is 5.32 Å². The molecule has 0 saturated heterocycles. The number of hydrogen-bond donors (Lipinski definition) is 1. The summed E-state index contributed by atoms with van der Waals surface area (Å²) in [4.78, 5) is 12.5. The van der Waals surface area contributed by atoms with E-state index in [1.54, 1.807) is 6.07 Å². The Morgan fingerprint density at radius 1 is 1.04 bits per heavy atom. The van der Waals surface area contributed by atoms with Gasteiger partial charge in [-0.15, -0.1) is 0 Å². The predicted octanol–water partition coefficient (Wildman–Crippen LogP) is 3.90. The average molecular weight is 400 g/mol. The average Bonchev–Trinajstić information content (AvgIpc) is 2.55. The lowest BCUT2D eigenvalue weighted by molar-refractivity contribution is -0.122. The molecule has 2 rings (SSSR count). The maximum Gasteiger partial charge on any atom is 0.241 e. The van der Waals surface area contributed by atoms with Crippen LogP contribution in [0, 0.1) is 0 Å². The number of amides is 1. The normalized spacial score (nSPS) is 12.0. The van der Waals surface area contributed by atoms with E-state index in [-0.39, 0.29) is 4.90 Å². The molecular formula is C18H19Cl2NO3S. The lowest BCUT2D eigenvalue weighted by Gasteiger charge is -2.24. The van der Waals surface area contributed by atoms with Gasteiger partial charge in [-0.05, 0) is 62.2 Å². The third-order valence-corrected chi connectivity index (χ3v) is 6.84. The van der Waals surface area contributed by atoms with Gasteiger partial charge in [0, 0.05) is 16.6 Å². The first-order chi connectivity index (χ1) is 11.6. The number of benzene rings is 2. The van der Waals surface area contributed by atoms with Crippen LogP contribution in [0.1, 0.15) is 19.4 Å². The molecule has 0 radical (unpaired) electrons. The van der Waals surface area contributed by atoms with Gasteiger partial charge in [-0.1, -0.05) is 35.3 Å². The van der Waals surface area contributed by atoms with Gasteiger partial charge in [-0.3, -0.25) is 4.79 Å². The largest absolute Gasteiger partial charge is 0.354 e. The van der Waals surface area contributed by atoms with E-state index in [4.69, 9.17) is 23.2 Å². The van der Waals surface area contributed by atoms with Crippen molar-refractivity contribution in [2.75, 3.05) is 6.54 Å². The van der Waals surface area contributed by atoms with Gasteiger partial charge in [0.1, 0.15) is 4.75 Å². The minimum Gasteiger partial charge on any atom is -0.354 e. The van der Waals surface area contributed by atoms with Crippen LogP contribution in [-0.2, 0) is 21.1 Å². The molecule has 0 aliphatic carbocycles. The fourth-order valence-corrected chi connectivity index (χ4v) is 3.99. The van der Waals surface area contributed by atoms with Gasteiger partial charge in [0.15, 0.2) is 9.84 Å². The minimum atomic E-state index is -3.85. The Kier molecular flexibility index (Phi) is 6.14. The Morgan fingerprint density at radius 3 is 2.28 bits per heavy atom. The number of hydrogen-bond acceptors (Lipinski definition) is 3. The highest BCUT2D eigenvalue weighted by Gasteiger charge is 2.42. The van der Waals surface area contributed by atoms with Crippen LogP contribution >= 0.6 is 23.2 Å². The van der Waals surface area contributed by atoms with E-state index < -0.39 is 20.5 Å². The molecule has 0 atom stereocenters. The molecule has 0 spiro atoms. The molecule has 25 heavy (non-hydrogen) atoms. The summed E-state index contributed by atoms with van der Waals surface area (Å²) in [5.74, 6) is -0.551. The zero-order chi connectivity index (χ0) is 18.7. The Morgan fingerprint density at radius 2 is 1.68 bits per heavy atom. The molecule has 134 valence electrons. The molecule has 7 heteroatoms. The fraction of sp³-hybridized carbons (Fsp3) is 0.278. The maximum absolute atomic E-state index is 12.8. The Hall–Kier alpha value is -1.56. The molecule has 0 aromatic heterocycles. The van der Waals surface area contributed by atoms with E-state index >= 15 is 0 Å². The second kappa shape index (κ2) is 7.77. The van der Waals surface area contributed by atoms with Crippen LogP contribution in [0.15, 0.2) is 53.4 Å². The smallest absolute Gasteiger partial charge is 0.241 e. The van der Waals surface area contributed by atoms with E-state index in [0.717, 1.165) is 5.56 Å². The highest BCUT2D eigenvalue weighted by atomic mass is 35.5. The highest BCUT2D eigenvalue weighted by molar-refractivity contribution is 7.93. The first-order valence-corrected chi connectivity index (χ1v) is 9.91. The third kappa shape index (κ3) is 4.54. The standard InChI is InChI=1S/C18H19Cl2NO3S/c1-18(2,25(23,24)16-8-6-14(19)7-9-16)17(22)21-11-10-13-4-3-5-15(20)12-13/h3-9,12H,10-11H2,1-2H3,(H,21,22). The Bertz CT molecular complexity index is 862. The molecule has 0 fully saturated rings. The van der Waals surface area contributed by atoms with Crippen LogP contribution in [0.2, 0.25) is 10.0 Å². The van der Waals surface area contributed by atoms with Crippen molar-refractivity contribution in [1.82, 2.24) is 5.32 Å². The lowest BCUT2D eigenvalue weighted by Crippen LogP contribution is -2.48. The second-order valence-corrected chi connectivity index (χ2v) is 9.48. The molecule has 0 bridgehead atoms. The van der Waals surface area contributed by atoms with E-state index in [1.807, 2.05) is 18.2 Å². The number of carbonyl (C=O) groups is 1. The third-order valence-electron chi connectivity index (χ3n) is 3.93. The lowest BCUT2D eigenvalue weighted by atomic mass is 10.1. The van der Waals surface area contributed by atoms with Crippen molar-refractivity contribution < 1.29 is 13.2 Å². The van der Waals surface area contributed by atoms with Crippen molar-refractivity contribution >= 4 is 38.9 Å². The number of halogens is 2. The van der Waals surface area contributed by atoms with Gasteiger partial charge >= 0.3 is 0 Å². The van der Waals surface area contributed by atoms with Gasteiger partial charge in [0.2, 0.25) is 5.91 Å². The molecule has 0 aliphatic rings. The summed E-state index contributed by atoms with van der Waals surface area (Å²) < 4.78 is 23.9. The molecule has 0 aliphatic heterocycles. The number of sulfone groups is 1. The molecule has 1 N–H and O–H groups in total. The van der Waals surface area contributed by atoms with Crippen LogP contribution in [0.4, 0.5) is 0 Å². The first-order valence-electron chi connectivity index (χ1n) is 7.67. The van der Waals surface area contributed by atoms with Crippen molar-refractivity contribution in [3.05, 3.63) is 64.1 Å². The van der Waals surface area contributed by atoms with Crippen LogP contribution in [0.5, 0.6) is 0 Å². The zero-order valence-corrected chi connectivity index (χ0v) is 16.3. The summed E-state index contributed by atoms with van der Waals surface area (Å²) in [5.41, 5.74) is 0.964. The van der Waals surface area contributed by atoms with Crippen molar-refractivity contribution in [3.63, 3.8) is 0 Å². The molecule has 1 amide bonds. The predicted molar refractivity (Wildman–Crippen MR) is 101 cm³/mol. The van der Waals surface area contributed by atoms with Crippen LogP contribution in [0.3, 0.4) is 0 Å². The second-order valence-electron chi connectivity index (χ2n) is 6.10. The molecule has 0 saturated carbocycles. The first kappa shape index (κ1) is 19.8. The monoisotopic (exact) mass is 399 g/mol. The Balaban J connectivity index is 2.07. The van der Waals surface area contributed by atoms with Gasteiger partial charge in [0.05, 0.1) is 4.90 Å². The number of nitrogens with one attached hydrogen (secondary N) is 1. The molecular weight excluding hydrogens is 381 g/mol. The summed E-state index contributed by atoms with van der Waals surface area (Å²) >= 11 is 11.7. The molecule has 2 aromatic carbocycles. The minimum absolute atomic E-state index is 0.0619. The number of rotatable bonds is 6. The maximum atomic E-state index is 12.8. The van der Waals surface area contributed by atoms with E-state index in [9.17, 15) is 13.2 Å². The van der Waals surface area contributed by atoms with Crippen molar-refractivity contribution in [1.29, 1.82) is 0 Å². The number of carbonyl (C=O) groups excluding carboxylic acids is 1. The zero-order valence-electron chi connectivity index (χ0n) is 13.9. The summed E-state index contributed by atoms with van der Waals surface area (Å²) in [7, 11) is -3.85. The molecule has 2 aromatic rings. The van der Waals surface area contributed by atoms with E-state index in [1.165, 1.54) is 38.1 Å². The SMILES string of the molecule is CC(C)(C(=O)NCCc1cccc(Cl)c1)S(=O)(=O)c1ccc(Cl)cc1. The quantitative estimate of drug-likeness (QED) is 0.800. The summed E-state index contributed by atoms with van der Waals surface area (Å²) in [6.45, 7) is 3.11. The summed E-state index contributed by atoms with van der Waals surface area (Å²) in [6, 6.07) is 13.1. The summed E-state index contributed by atoms with van der Waals surface area (Å²) in [6.07, 6.45) is 0.559. The van der Waals surface area contributed by atoms with Gasteiger partial charge in [0.25, 0.3) is 0 Å². The molecule has 4 nitrogen and oxygen atoms in total. The van der Waals surface area contributed by atoms with Crippen molar-refractivity contribution in [3.8, 4) is 0 Å². The van der Waals surface area contributed by atoms with Crippen LogP contribution in [0.25, 0.3) is 0 Å². The molecule has 0 heterocycles. The van der Waals surface area contributed by atoms with Crippen molar-refractivity contribution in [2.45, 2.75) is 29.9 Å². The van der Waals surface area contributed by atoms with Crippen molar-refractivity contribution in [2.24, 2.45) is 0 Å². The fourth-order valence-electron chi connectivity index (χ4n) is 2.26. The van der Waals surface area contributed by atoms with E-state index in [0.29, 0.717) is 23.0 Å². The topological polar surface area (TPSA) is 63.2 Å². The van der Waals surface area contributed by atoms with Gasteiger partial charge in [-0.2, -0.15) is 0 Å².